The van der Waals surface area contributed by atoms with E-state index < -0.39 is 0 Å². The standard InChI is InChI=1S/C11H20N4/c1-11(2)5-4-9(6-11)12-7-10-8-13-14-15(10)3/h8-9,12H,4-7H2,1-3H3. The molecule has 15 heavy (non-hydrogen) atoms. The summed E-state index contributed by atoms with van der Waals surface area (Å²) in [5.74, 6) is 0. The van der Waals surface area contributed by atoms with E-state index in [-0.39, 0.29) is 0 Å². The lowest BCUT2D eigenvalue weighted by Gasteiger charge is -2.17. The summed E-state index contributed by atoms with van der Waals surface area (Å²) in [7, 11) is 1.93. The monoisotopic (exact) mass is 208 g/mol. The Balaban J connectivity index is 1.83. The smallest absolute Gasteiger partial charge is 0.0738 e. The van der Waals surface area contributed by atoms with E-state index >= 15 is 0 Å². The molecule has 1 aromatic heterocycles. The molecule has 1 aliphatic carbocycles. The fourth-order valence-electron chi connectivity index (χ4n) is 2.33. The number of nitrogens with zero attached hydrogens (tertiary/aromatic N) is 3. The van der Waals surface area contributed by atoms with Gasteiger partial charge in [-0.2, -0.15) is 0 Å². The van der Waals surface area contributed by atoms with Gasteiger partial charge in [0, 0.05) is 19.6 Å². The molecule has 4 heteroatoms. The maximum Gasteiger partial charge on any atom is 0.0738 e. The van der Waals surface area contributed by atoms with E-state index in [0.29, 0.717) is 11.5 Å². The number of rotatable bonds is 3. The van der Waals surface area contributed by atoms with Gasteiger partial charge in [0.05, 0.1) is 11.9 Å². The van der Waals surface area contributed by atoms with Gasteiger partial charge in [-0.05, 0) is 24.7 Å². The van der Waals surface area contributed by atoms with E-state index in [2.05, 4.69) is 29.5 Å². The Labute approximate surface area is 91.1 Å². The van der Waals surface area contributed by atoms with Crippen LogP contribution in [-0.4, -0.2) is 21.0 Å². The van der Waals surface area contributed by atoms with Crippen LogP contribution >= 0.6 is 0 Å². The second kappa shape index (κ2) is 3.93. The number of hydrogen-bond acceptors (Lipinski definition) is 3. The van der Waals surface area contributed by atoms with Crippen molar-refractivity contribution in [2.75, 3.05) is 0 Å². The lowest BCUT2D eigenvalue weighted by molar-refractivity contribution is 0.363. The highest BCUT2D eigenvalue weighted by Gasteiger charge is 2.30. The third kappa shape index (κ3) is 2.56. The molecule has 84 valence electrons. The van der Waals surface area contributed by atoms with Crippen molar-refractivity contribution in [2.24, 2.45) is 12.5 Å². The molecule has 1 heterocycles. The minimum Gasteiger partial charge on any atom is -0.308 e. The quantitative estimate of drug-likeness (QED) is 0.818. The first kappa shape index (κ1) is 10.6. The van der Waals surface area contributed by atoms with Crippen molar-refractivity contribution in [3.63, 3.8) is 0 Å². The van der Waals surface area contributed by atoms with Gasteiger partial charge in [0.15, 0.2) is 0 Å². The summed E-state index contributed by atoms with van der Waals surface area (Å²) in [5, 5.41) is 11.4. The Morgan fingerprint density at radius 3 is 2.93 bits per heavy atom. The zero-order valence-electron chi connectivity index (χ0n) is 9.82. The van der Waals surface area contributed by atoms with Crippen molar-refractivity contribution < 1.29 is 0 Å². The molecule has 1 aliphatic rings. The van der Waals surface area contributed by atoms with Crippen molar-refractivity contribution in [1.29, 1.82) is 0 Å². The molecule has 0 radical (unpaired) electrons. The molecule has 1 atom stereocenters. The van der Waals surface area contributed by atoms with Crippen LogP contribution in [0.15, 0.2) is 6.20 Å². The molecule has 0 aromatic carbocycles. The van der Waals surface area contributed by atoms with Crippen LogP contribution in [0.4, 0.5) is 0 Å². The first-order valence-corrected chi connectivity index (χ1v) is 5.64. The van der Waals surface area contributed by atoms with Gasteiger partial charge in [0.2, 0.25) is 0 Å². The largest absolute Gasteiger partial charge is 0.308 e. The maximum atomic E-state index is 3.92. The van der Waals surface area contributed by atoms with Crippen LogP contribution < -0.4 is 5.32 Å². The second-order valence-corrected chi connectivity index (χ2v) is 5.33. The molecule has 0 aliphatic heterocycles. The molecule has 0 amide bonds. The van der Waals surface area contributed by atoms with Gasteiger partial charge in [-0.1, -0.05) is 19.1 Å². The average molecular weight is 208 g/mol. The van der Waals surface area contributed by atoms with Crippen LogP contribution in [0, 0.1) is 5.41 Å². The normalized spacial score (nSPS) is 24.6. The van der Waals surface area contributed by atoms with Gasteiger partial charge in [0.25, 0.3) is 0 Å². The molecular weight excluding hydrogens is 188 g/mol. The van der Waals surface area contributed by atoms with Gasteiger partial charge < -0.3 is 5.32 Å². The molecule has 4 nitrogen and oxygen atoms in total. The first-order chi connectivity index (χ1) is 7.07. The van der Waals surface area contributed by atoms with Crippen molar-refractivity contribution >= 4 is 0 Å². The number of hydrogen-bond donors (Lipinski definition) is 1. The van der Waals surface area contributed by atoms with Crippen LogP contribution in [0.2, 0.25) is 0 Å². The Morgan fingerprint density at radius 2 is 2.40 bits per heavy atom. The second-order valence-electron chi connectivity index (χ2n) is 5.33. The first-order valence-electron chi connectivity index (χ1n) is 5.64. The molecule has 0 bridgehead atoms. The molecule has 0 spiro atoms. The fourth-order valence-corrected chi connectivity index (χ4v) is 2.33. The predicted molar refractivity (Wildman–Crippen MR) is 59.3 cm³/mol. The molecule has 1 fully saturated rings. The van der Waals surface area contributed by atoms with Crippen molar-refractivity contribution in [3.05, 3.63) is 11.9 Å². The highest BCUT2D eigenvalue weighted by atomic mass is 15.4. The van der Waals surface area contributed by atoms with Gasteiger partial charge in [-0.3, -0.25) is 4.68 Å². The van der Waals surface area contributed by atoms with E-state index in [1.54, 1.807) is 0 Å². The van der Waals surface area contributed by atoms with E-state index in [1.165, 1.54) is 19.3 Å². The van der Waals surface area contributed by atoms with E-state index in [9.17, 15) is 0 Å². The van der Waals surface area contributed by atoms with Crippen LogP contribution in [0.5, 0.6) is 0 Å². The molecular formula is C11H20N4. The number of aromatic nitrogens is 3. The fraction of sp³-hybridized carbons (Fsp3) is 0.818. The van der Waals surface area contributed by atoms with Crippen molar-refractivity contribution in [1.82, 2.24) is 20.3 Å². The Hall–Kier alpha value is -0.900. The van der Waals surface area contributed by atoms with E-state index in [4.69, 9.17) is 0 Å². The zero-order chi connectivity index (χ0) is 10.9. The Kier molecular flexibility index (Phi) is 2.78. The lowest BCUT2D eigenvalue weighted by Crippen LogP contribution is -2.27. The van der Waals surface area contributed by atoms with E-state index in [1.807, 2.05) is 17.9 Å². The Bertz CT molecular complexity index is 329. The van der Waals surface area contributed by atoms with Gasteiger partial charge in [-0.15, -0.1) is 5.10 Å². The summed E-state index contributed by atoms with van der Waals surface area (Å²) in [6.45, 7) is 5.57. The summed E-state index contributed by atoms with van der Waals surface area (Å²) in [6, 6.07) is 0.662. The minimum absolute atomic E-state index is 0.516. The van der Waals surface area contributed by atoms with Gasteiger partial charge >= 0.3 is 0 Å². The maximum absolute atomic E-state index is 3.92. The molecule has 1 unspecified atom stereocenters. The van der Waals surface area contributed by atoms with E-state index in [0.717, 1.165) is 12.2 Å². The summed E-state index contributed by atoms with van der Waals surface area (Å²) in [5.41, 5.74) is 1.67. The topological polar surface area (TPSA) is 42.7 Å². The zero-order valence-corrected chi connectivity index (χ0v) is 9.82. The third-order valence-electron chi connectivity index (χ3n) is 3.35. The minimum atomic E-state index is 0.516. The summed E-state index contributed by atoms with van der Waals surface area (Å²) < 4.78 is 1.83. The number of nitrogens with one attached hydrogen (secondary N) is 1. The predicted octanol–water partition coefficient (Wildman–Crippen LogP) is 1.48. The van der Waals surface area contributed by atoms with Crippen LogP contribution in [0.3, 0.4) is 0 Å². The van der Waals surface area contributed by atoms with Crippen molar-refractivity contribution in [2.45, 2.75) is 45.7 Å². The molecule has 2 rings (SSSR count). The highest BCUT2D eigenvalue weighted by Crippen LogP contribution is 2.36. The van der Waals surface area contributed by atoms with Gasteiger partial charge in [-0.25, -0.2) is 0 Å². The summed E-state index contributed by atoms with van der Waals surface area (Å²) >= 11 is 0. The van der Waals surface area contributed by atoms with Crippen LogP contribution in [-0.2, 0) is 13.6 Å². The molecule has 0 saturated heterocycles. The van der Waals surface area contributed by atoms with Crippen molar-refractivity contribution in [3.8, 4) is 0 Å². The Morgan fingerprint density at radius 1 is 1.60 bits per heavy atom. The van der Waals surface area contributed by atoms with Crippen LogP contribution in [0.1, 0.15) is 38.8 Å². The van der Waals surface area contributed by atoms with Gasteiger partial charge in [0.1, 0.15) is 0 Å². The summed E-state index contributed by atoms with van der Waals surface area (Å²) in [6.07, 6.45) is 5.72. The average Bonchev–Trinajstić information content (AvgIpc) is 2.69. The highest BCUT2D eigenvalue weighted by molar-refractivity contribution is 4.94. The number of aryl methyl sites for hydroxylation is 1. The molecule has 1 aromatic rings. The summed E-state index contributed by atoms with van der Waals surface area (Å²) in [4.78, 5) is 0. The molecule has 1 saturated carbocycles. The SMILES string of the molecule is Cn1nncc1CNC1CCC(C)(C)C1. The third-order valence-corrected chi connectivity index (χ3v) is 3.35. The molecule has 1 N–H and O–H groups in total. The van der Waals surface area contributed by atoms with Crippen LogP contribution in [0.25, 0.3) is 0 Å². The lowest BCUT2D eigenvalue weighted by atomic mass is 9.92.